The molecule has 0 bridgehead atoms. The van der Waals surface area contributed by atoms with Gasteiger partial charge in [-0.2, -0.15) is 0 Å². The summed E-state index contributed by atoms with van der Waals surface area (Å²) in [5.41, 5.74) is 1.88. The number of nitrogens with zero attached hydrogens (tertiary/aromatic N) is 2. The van der Waals surface area contributed by atoms with Crippen molar-refractivity contribution in [1.29, 1.82) is 0 Å². The average molecular weight is 592 g/mol. The monoisotopic (exact) mass is 591 g/mol. The molecule has 3 aromatic rings. The number of terminal acetylenes is 1. The van der Waals surface area contributed by atoms with E-state index < -0.39 is 12.6 Å². The molecule has 13 rings (SSSR count). The van der Waals surface area contributed by atoms with Gasteiger partial charge in [-0.15, -0.1) is 0 Å². The molecule has 10 aliphatic rings. The van der Waals surface area contributed by atoms with E-state index >= 15 is 0 Å². The second-order valence-corrected chi connectivity index (χ2v) is 41.8. The molecule has 204 valence electrons. The third-order valence-corrected chi connectivity index (χ3v) is 62.8. The number of benzene rings is 1. The first-order valence-corrected chi connectivity index (χ1v) is 21.5. The Kier molecular flexibility index (Phi) is 1.53. The van der Waals surface area contributed by atoms with E-state index in [1.807, 2.05) is 40.6 Å². The van der Waals surface area contributed by atoms with Crippen molar-refractivity contribution >= 4 is 28.8 Å². The number of thiophene rings is 1. The molecule has 0 saturated carbocycles. The normalized spacial score (nSPS) is 58.1. The zero-order valence-electron chi connectivity index (χ0n) is 22.4. The van der Waals surface area contributed by atoms with Gasteiger partial charge in [-0.1, -0.05) is 0 Å². The van der Waals surface area contributed by atoms with E-state index in [4.69, 9.17) is 10.8 Å². The fraction of sp³-hybridized carbons (Fsp3) is 0.469. The van der Waals surface area contributed by atoms with Gasteiger partial charge in [0.2, 0.25) is 0 Å². The zero-order chi connectivity index (χ0) is 26.9. The Hall–Kier alpha value is -2.85. The van der Waals surface area contributed by atoms with Gasteiger partial charge in [0.25, 0.3) is 0 Å². The van der Waals surface area contributed by atoms with E-state index in [1.165, 1.54) is 17.7 Å². The molecule has 5 atom stereocenters. The Balaban J connectivity index is 1.04. The maximum atomic E-state index is 14.7. The molecule has 8 heteroatoms. The number of hydrogen-bond acceptors (Lipinski definition) is 5. The molecule has 0 aliphatic carbocycles. The van der Waals surface area contributed by atoms with Gasteiger partial charge >= 0.3 is 227 Å². The summed E-state index contributed by atoms with van der Waals surface area (Å²) in [6, 6.07) is 9.33. The van der Waals surface area contributed by atoms with Crippen molar-refractivity contribution in [3.63, 3.8) is 0 Å². The first-order valence-electron chi connectivity index (χ1n) is 14.4. The number of hydrogen-bond donors (Lipinski definition) is 1. The molecule has 10 saturated heterocycles. The molecule has 10 aliphatic heterocycles. The van der Waals surface area contributed by atoms with E-state index in [1.54, 1.807) is 6.20 Å². The molecular weight excluding hydrogens is 562 g/mol. The number of carbonyl (C=O) groups excluding carboxylic acids is 2. The van der Waals surface area contributed by atoms with Gasteiger partial charge < -0.3 is 0 Å². The van der Waals surface area contributed by atoms with Crippen LogP contribution in [0.25, 0.3) is 11.3 Å². The fourth-order valence-electron chi connectivity index (χ4n) is 20.3. The van der Waals surface area contributed by atoms with Gasteiger partial charge in [-0.3, -0.25) is 0 Å². The van der Waals surface area contributed by atoms with Crippen LogP contribution in [0.15, 0.2) is 52.7 Å². The van der Waals surface area contributed by atoms with Crippen LogP contribution in [0.2, 0.25) is 47.7 Å². The third-order valence-electron chi connectivity index (χ3n) is 19.3. The number of fused-ring (bicyclic) bond motifs is 10. The van der Waals surface area contributed by atoms with E-state index in [0.717, 1.165) is 59.5 Å². The number of rotatable bonds is 6. The van der Waals surface area contributed by atoms with E-state index in [0.29, 0.717) is 11.3 Å². The molecule has 1 N–H and O–H groups in total. The van der Waals surface area contributed by atoms with Gasteiger partial charge in [0.1, 0.15) is 0 Å². The Bertz CT molecular complexity index is 2160. The van der Waals surface area contributed by atoms with Gasteiger partial charge in [-0.05, 0) is 0 Å². The molecular formula is C32H29FeN3O3S. The minimum absolute atomic E-state index is 0.0561. The van der Waals surface area contributed by atoms with Crippen molar-refractivity contribution < 1.29 is 20.5 Å². The van der Waals surface area contributed by atoms with E-state index in [-0.39, 0.29) is 21.7 Å². The molecule has 10 fully saturated rings. The molecule has 12 heterocycles. The second kappa shape index (κ2) is 3.04. The van der Waals surface area contributed by atoms with Crippen LogP contribution in [-0.2, 0) is 11.3 Å². The van der Waals surface area contributed by atoms with Crippen LogP contribution in [0.1, 0.15) is 36.0 Å². The van der Waals surface area contributed by atoms with Gasteiger partial charge in [0.05, 0.1) is 0 Å². The van der Waals surface area contributed by atoms with Crippen LogP contribution in [0.3, 0.4) is 0 Å². The predicted octanol–water partition coefficient (Wildman–Crippen LogP) is 7.07. The maximum absolute atomic E-state index is 14.7. The van der Waals surface area contributed by atoms with Crippen LogP contribution in [0.5, 0.6) is 0 Å². The van der Waals surface area contributed by atoms with Crippen LogP contribution < -0.4 is 10.2 Å². The Morgan fingerprint density at radius 3 is 2.20 bits per heavy atom. The molecule has 1 aromatic carbocycles. The number of amides is 2. The Morgan fingerprint density at radius 2 is 1.75 bits per heavy atom. The van der Waals surface area contributed by atoms with Crippen molar-refractivity contribution in [3.05, 3.63) is 58.7 Å². The minimum atomic E-state index is -3.86. The second-order valence-electron chi connectivity index (χ2n) is 17.3. The molecule has 2 aromatic heterocycles. The summed E-state index contributed by atoms with van der Waals surface area (Å²) < 4.78 is 5.67. The summed E-state index contributed by atoms with van der Waals surface area (Å²) in [7, 11) is 0. The zero-order valence-corrected chi connectivity index (χ0v) is 24.3. The summed E-state index contributed by atoms with van der Waals surface area (Å²) in [5, 5.41) is 5.26. The predicted molar refractivity (Wildman–Crippen MR) is 149 cm³/mol. The van der Waals surface area contributed by atoms with E-state index in [9.17, 15) is 9.59 Å². The van der Waals surface area contributed by atoms with Gasteiger partial charge in [0.15, 0.2) is 0 Å². The number of aromatic nitrogens is 1. The molecule has 40 heavy (non-hydrogen) atoms. The van der Waals surface area contributed by atoms with Gasteiger partial charge in [0, 0.05) is 0 Å². The van der Waals surface area contributed by atoms with Crippen molar-refractivity contribution in [2.75, 3.05) is 4.90 Å². The van der Waals surface area contributed by atoms with Crippen molar-refractivity contribution in [3.8, 4) is 23.7 Å². The third kappa shape index (κ3) is 0.549. The Labute approximate surface area is 226 Å². The van der Waals surface area contributed by atoms with Crippen molar-refractivity contribution in [2.45, 2.75) is 80.0 Å². The number of nitrogens with one attached hydrogen (secondary N) is 1. The summed E-state index contributed by atoms with van der Waals surface area (Å²) in [6.07, 6.45) is 8.82. The number of carbonyl (C=O) groups is 2. The fourth-order valence-corrected chi connectivity index (χ4v) is 95.7. The van der Waals surface area contributed by atoms with Crippen LogP contribution in [0, 0.1) is 12.3 Å². The molecule has 2 amide bonds. The Morgan fingerprint density at radius 1 is 1.10 bits per heavy atom. The molecule has 6 nitrogen and oxygen atoms in total. The summed E-state index contributed by atoms with van der Waals surface area (Å²) in [6.45, 7) is 2.30. The molecule has 5 unspecified atom stereocenters. The first-order chi connectivity index (χ1) is 18.9. The standard InChI is InChI=1S/C27H24N3O3S.C5H5.Fe/c1-5-22-14-20(16-34-22)26(32)30(21-12-10-18(11-13-21)23-15-28-17-33-23)24(19-8-6-7-9-19)25(31)29-27(2,3)4;1-2-4-5-3-1;/h1,6-17,24H,2-4H3,(H,29,31);1-5H;. The summed E-state index contributed by atoms with van der Waals surface area (Å²) >= 11 is 1.42. The van der Waals surface area contributed by atoms with Crippen LogP contribution in [0.4, 0.5) is 5.69 Å². The van der Waals surface area contributed by atoms with Crippen LogP contribution >= 0.6 is 11.3 Å². The first kappa shape index (κ1) is 20.1. The molecule has 0 radical (unpaired) electrons. The SMILES string of the molecule is C#Cc1cc(C(=O)N(c2ccc(-c3cnco3)cc2)C(C(=O)NC(C)(C)C)[C]23[CH]4[CH]5[CH]6[CH]2[Fe]56432789[CH]3[CH]2[CH]7[CH]8[CH]39)cs1. The van der Waals surface area contributed by atoms with Gasteiger partial charge in [-0.25, -0.2) is 0 Å². The quantitative estimate of drug-likeness (QED) is 0.246. The van der Waals surface area contributed by atoms with Crippen LogP contribution in [-0.4, -0.2) is 28.4 Å². The van der Waals surface area contributed by atoms with Crippen molar-refractivity contribution in [1.82, 2.24) is 10.3 Å². The number of anilines is 1. The summed E-state index contributed by atoms with van der Waals surface area (Å²) in [4.78, 5) is 45.1. The number of oxazole rings is 1. The molecule has 1 spiro atoms. The topological polar surface area (TPSA) is 75.4 Å². The van der Waals surface area contributed by atoms with E-state index in [2.05, 4.69) is 37.0 Å². The van der Waals surface area contributed by atoms with Crippen molar-refractivity contribution in [2.24, 2.45) is 0 Å². The average Bonchev–Trinajstić information content (AvgIpc) is 3.75. The summed E-state index contributed by atoms with van der Waals surface area (Å²) in [5.74, 6) is 3.32.